The van der Waals surface area contributed by atoms with Crippen molar-refractivity contribution < 1.29 is 4.79 Å². The first kappa shape index (κ1) is 27.2. The zero-order chi connectivity index (χ0) is 29.3. The quantitative estimate of drug-likeness (QED) is 0.220. The smallest absolute Gasteiger partial charge is 0.229 e. The highest BCUT2D eigenvalue weighted by molar-refractivity contribution is 7.10. The Morgan fingerprint density at radius 3 is 2.88 bits per heavy atom. The Morgan fingerprint density at radius 2 is 2.00 bits per heavy atom. The Balaban J connectivity index is 1.22. The number of hydrogen-bond donors (Lipinski definition) is 2. The van der Waals surface area contributed by atoms with E-state index in [9.17, 15) is 4.79 Å². The maximum atomic E-state index is 12.9. The molecule has 1 amide bonds. The van der Waals surface area contributed by atoms with Crippen LogP contribution in [0.1, 0.15) is 33.7 Å². The first-order chi connectivity index (χ1) is 21.0. The molecule has 2 aromatic carbocycles. The number of anilines is 3. The lowest BCUT2D eigenvalue weighted by Crippen LogP contribution is -2.26. The summed E-state index contributed by atoms with van der Waals surface area (Å²) in [7, 11) is 2.16. The number of thiophene rings is 1. The minimum atomic E-state index is -0.0321. The largest absolute Gasteiger partial charge is 0.326 e. The Morgan fingerprint density at radius 1 is 1.07 bits per heavy atom. The van der Waals surface area contributed by atoms with Crippen LogP contribution in [0, 0.1) is 6.92 Å². The molecule has 0 aliphatic carbocycles. The SMILES string of the molecule is Cc1ccc(-c2nn3c(c2-c2ccnc(Nc4ccc5c(c4)CN(C)CC5)n2)C=CCC3)cc1NC(=O)Cc1cccs1. The van der Waals surface area contributed by atoms with Gasteiger partial charge in [-0.3, -0.25) is 9.48 Å². The van der Waals surface area contributed by atoms with E-state index in [2.05, 4.69) is 68.7 Å². The Bertz CT molecular complexity index is 1840. The van der Waals surface area contributed by atoms with Crippen molar-refractivity contribution >= 4 is 40.6 Å². The van der Waals surface area contributed by atoms with Crippen molar-refractivity contribution in [3.05, 3.63) is 99.5 Å². The van der Waals surface area contributed by atoms with Crippen molar-refractivity contribution in [1.82, 2.24) is 24.6 Å². The molecule has 216 valence electrons. The summed E-state index contributed by atoms with van der Waals surface area (Å²) in [5.41, 5.74) is 10.0. The Labute approximate surface area is 255 Å². The molecule has 0 unspecified atom stereocenters. The number of benzene rings is 2. The molecular weight excluding hydrogens is 554 g/mol. The standard InChI is InChI=1S/C34H33N7OS/c1-22-8-9-24(19-29(22)37-31(42)20-27-6-5-17-43-27)33-32(30-7-3-4-15-41(30)39-33)28-12-14-35-34(38-28)36-26-11-10-23-13-16-40(2)21-25(23)18-26/h3,5-12,14,17-19H,4,13,15-16,20-21H2,1-2H3,(H,37,42)(H,35,36,38). The number of likely N-dealkylation sites (N-methyl/N-ethyl adjacent to an activating group) is 1. The van der Waals surface area contributed by atoms with Gasteiger partial charge >= 0.3 is 0 Å². The fraction of sp³-hybridized carbons (Fsp3) is 0.235. The molecule has 5 aromatic rings. The van der Waals surface area contributed by atoms with E-state index in [-0.39, 0.29) is 5.91 Å². The van der Waals surface area contributed by atoms with Crippen molar-refractivity contribution in [2.45, 2.75) is 39.3 Å². The molecule has 43 heavy (non-hydrogen) atoms. The summed E-state index contributed by atoms with van der Waals surface area (Å²) in [4.78, 5) is 25.8. The summed E-state index contributed by atoms with van der Waals surface area (Å²) in [5.74, 6) is 0.507. The number of aromatic nitrogens is 4. The number of carbonyl (C=O) groups excluding carboxylic acids is 1. The average molecular weight is 588 g/mol. The molecule has 0 atom stereocenters. The van der Waals surface area contributed by atoms with E-state index in [4.69, 9.17) is 10.1 Å². The molecule has 8 nitrogen and oxygen atoms in total. The first-order valence-corrected chi connectivity index (χ1v) is 15.5. The molecule has 2 aliphatic heterocycles. The van der Waals surface area contributed by atoms with Crippen molar-refractivity contribution in [2.24, 2.45) is 0 Å². The molecule has 0 spiro atoms. The van der Waals surface area contributed by atoms with E-state index in [1.54, 1.807) is 17.5 Å². The van der Waals surface area contributed by atoms with Gasteiger partial charge in [-0.15, -0.1) is 11.3 Å². The van der Waals surface area contributed by atoms with Gasteiger partial charge in [0.1, 0.15) is 5.69 Å². The monoisotopic (exact) mass is 587 g/mol. The molecule has 3 aromatic heterocycles. The van der Waals surface area contributed by atoms with Gasteiger partial charge in [0.2, 0.25) is 11.9 Å². The molecule has 0 bridgehead atoms. The summed E-state index contributed by atoms with van der Waals surface area (Å²) < 4.78 is 2.05. The van der Waals surface area contributed by atoms with Gasteiger partial charge in [0.15, 0.2) is 0 Å². The predicted molar refractivity (Wildman–Crippen MR) is 173 cm³/mol. The summed E-state index contributed by atoms with van der Waals surface area (Å²) in [6, 6.07) is 18.5. The zero-order valence-electron chi connectivity index (χ0n) is 24.3. The normalized spacial score (nSPS) is 14.3. The second-order valence-corrected chi connectivity index (χ2v) is 12.3. The van der Waals surface area contributed by atoms with Gasteiger partial charge in [0, 0.05) is 47.6 Å². The lowest BCUT2D eigenvalue weighted by Gasteiger charge is -2.25. The number of nitrogens with zero attached hydrogens (tertiary/aromatic N) is 5. The minimum Gasteiger partial charge on any atom is -0.326 e. The summed E-state index contributed by atoms with van der Waals surface area (Å²) in [6.07, 6.45) is 8.45. The Kier molecular flexibility index (Phi) is 7.34. The van der Waals surface area contributed by atoms with E-state index in [1.807, 2.05) is 42.6 Å². The molecular formula is C34H33N7OS. The molecule has 2 aliphatic rings. The third kappa shape index (κ3) is 5.74. The second kappa shape index (κ2) is 11.6. The molecule has 2 N–H and O–H groups in total. The second-order valence-electron chi connectivity index (χ2n) is 11.2. The molecule has 5 heterocycles. The van der Waals surface area contributed by atoms with Gasteiger partial charge in [0.25, 0.3) is 0 Å². The van der Waals surface area contributed by atoms with Crippen LogP contribution < -0.4 is 10.6 Å². The van der Waals surface area contributed by atoms with Crippen LogP contribution in [0.25, 0.3) is 28.6 Å². The highest BCUT2D eigenvalue weighted by atomic mass is 32.1. The number of nitrogens with one attached hydrogen (secondary N) is 2. The minimum absolute atomic E-state index is 0.0321. The van der Waals surface area contributed by atoms with Crippen LogP contribution in [0.2, 0.25) is 0 Å². The van der Waals surface area contributed by atoms with Gasteiger partial charge in [-0.1, -0.05) is 30.3 Å². The molecule has 0 radical (unpaired) electrons. The third-order valence-electron chi connectivity index (χ3n) is 8.05. The lowest BCUT2D eigenvalue weighted by atomic mass is 9.99. The number of fused-ring (bicyclic) bond motifs is 2. The molecule has 0 saturated heterocycles. The van der Waals surface area contributed by atoms with E-state index in [0.29, 0.717) is 12.4 Å². The number of rotatable bonds is 7. The van der Waals surface area contributed by atoms with Gasteiger partial charge < -0.3 is 15.5 Å². The fourth-order valence-corrected chi connectivity index (χ4v) is 6.50. The van der Waals surface area contributed by atoms with Crippen LogP contribution in [-0.4, -0.2) is 44.1 Å². The average Bonchev–Trinajstić information content (AvgIpc) is 3.66. The number of carbonyl (C=O) groups is 1. The van der Waals surface area contributed by atoms with E-state index < -0.39 is 0 Å². The van der Waals surface area contributed by atoms with Crippen LogP contribution in [0.3, 0.4) is 0 Å². The van der Waals surface area contributed by atoms with Crippen LogP contribution >= 0.6 is 11.3 Å². The van der Waals surface area contributed by atoms with Crippen molar-refractivity contribution in [3.63, 3.8) is 0 Å². The fourth-order valence-electron chi connectivity index (χ4n) is 5.79. The number of hydrogen-bond acceptors (Lipinski definition) is 7. The Hall–Kier alpha value is -4.60. The molecule has 9 heteroatoms. The number of amides is 1. The molecule has 0 fully saturated rings. The van der Waals surface area contributed by atoms with Gasteiger partial charge in [-0.25, -0.2) is 9.97 Å². The summed E-state index contributed by atoms with van der Waals surface area (Å²) in [6.45, 7) is 4.83. The maximum absolute atomic E-state index is 12.9. The van der Waals surface area contributed by atoms with Gasteiger partial charge in [0.05, 0.1) is 23.4 Å². The van der Waals surface area contributed by atoms with E-state index in [1.165, 1.54) is 11.1 Å². The van der Waals surface area contributed by atoms with Crippen molar-refractivity contribution in [2.75, 3.05) is 24.2 Å². The number of allylic oxidation sites excluding steroid dienone is 1. The van der Waals surface area contributed by atoms with Gasteiger partial charge in [-0.2, -0.15) is 5.10 Å². The zero-order valence-corrected chi connectivity index (χ0v) is 25.1. The number of aryl methyl sites for hydroxylation is 2. The first-order valence-electron chi connectivity index (χ1n) is 14.6. The van der Waals surface area contributed by atoms with Crippen LogP contribution in [-0.2, 0) is 30.7 Å². The lowest BCUT2D eigenvalue weighted by molar-refractivity contribution is -0.115. The van der Waals surface area contributed by atoms with Crippen LogP contribution in [0.15, 0.2) is 72.3 Å². The highest BCUT2D eigenvalue weighted by Crippen LogP contribution is 2.37. The van der Waals surface area contributed by atoms with Crippen LogP contribution in [0.4, 0.5) is 17.3 Å². The van der Waals surface area contributed by atoms with Crippen LogP contribution in [0.5, 0.6) is 0 Å². The summed E-state index contributed by atoms with van der Waals surface area (Å²) >= 11 is 1.59. The maximum Gasteiger partial charge on any atom is 0.229 e. The van der Waals surface area contributed by atoms with Crippen molar-refractivity contribution in [1.29, 1.82) is 0 Å². The van der Waals surface area contributed by atoms with E-state index in [0.717, 1.165) is 82.5 Å². The predicted octanol–water partition coefficient (Wildman–Crippen LogP) is 6.71. The highest BCUT2D eigenvalue weighted by Gasteiger charge is 2.23. The molecule has 0 saturated carbocycles. The van der Waals surface area contributed by atoms with E-state index >= 15 is 0 Å². The topological polar surface area (TPSA) is 88.0 Å². The summed E-state index contributed by atoms with van der Waals surface area (Å²) in [5, 5.41) is 13.6. The van der Waals surface area contributed by atoms with Crippen molar-refractivity contribution in [3.8, 4) is 22.5 Å². The van der Waals surface area contributed by atoms with Gasteiger partial charge in [-0.05, 0) is 85.3 Å². The molecule has 7 rings (SSSR count). The third-order valence-corrected chi connectivity index (χ3v) is 8.93.